The Labute approximate surface area is 261 Å². The summed E-state index contributed by atoms with van der Waals surface area (Å²) in [5, 5.41) is 61.9. The van der Waals surface area contributed by atoms with E-state index in [1.54, 1.807) is 0 Å². The fourth-order valence-corrected chi connectivity index (χ4v) is 9.38. The summed E-state index contributed by atoms with van der Waals surface area (Å²) in [6.07, 6.45) is 16.3. The molecule has 0 amide bonds. The largest absolute Gasteiger partial charge is 0.394 e. The van der Waals surface area contributed by atoms with Crippen molar-refractivity contribution in [2.24, 2.45) is 35.5 Å². The van der Waals surface area contributed by atoms with Gasteiger partial charge in [-0.3, -0.25) is 4.90 Å². The molecule has 0 aliphatic heterocycles. The van der Waals surface area contributed by atoms with Crippen LogP contribution < -0.4 is 5.32 Å². The number of hydrogen-bond acceptors (Lipinski definition) is 9. The van der Waals surface area contributed by atoms with Crippen LogP contribution in [-0.2, 0) is 0 Å². The van der Waals surface area contributed by atoms with E-state index < -0.39 is 18.3 Å². The first-order chi connectivity index (χ1) is 20.9. The van der Waals surface area contributed by atoms with Crippen LogP contribution in [0, 0.1) is 35.5 Å². The van der Waals surface area contributed by atoms with Gasteiger partial charge in [-0.2, -0.15) is 0 Å². The van der Waals surface area contributed by atoms with Crippen molar-refractivity contribution in [3.63, 3.8) is 0 Å². The van der Waals surface area contributed by atoms with Crippen molar-refractivity contribution in [2.75, 3.05) is 65.6 Å². The minimum atomic E-state index is -0.898. The molecule has 0 spiro atoms. The molecule has 0 radical (unpaired) electrons. The molecule has 4 aliphatic rings. The molecule has 7 N–H and O–H groups in total. The average Bonchev–Trinajstić information content (AvgIpc) is 3.83. The lowest BCUT2D eigenvalue weighted by molar-refractivity contribution is 0.0206. The maximum atomic E-state index is 10.2. The first kappa shape index (κ1) is 35.5. The fraction of sp³-hybridized carbons (Fsp3) is 1.00. The molecular weight excluding hydrogens is 546 g/mol. The second kappa shape index (κ2) is 18.7. The SMILES string of the molecule is OCC(O)CN(CCCNC(CCC1CC2CCC1C2)CCC1CC2CCC1C2)CCCN(CC(O)CO)CC(O)CO. The Morgan fingerprint density at radius 1 is 0.581 bits per heavy atom. The molecule has 4 fully saturated rings. The molecule has 9 nitrogen and oxygen atoms in total. The van der Waals surface area contributed by atoms with Gasteiger partial charge in [0.2, 0.25) is 0 Å². The first-order valence-corrected chi connectivity index (χ1v) is 17.9. The topological polar surface area (TPSA) is 140 Å². The van der Waals surface area contributed by atoms with Gasteiger partial charge in [0, 0.05) is 25.7 Å². The molecule has 9 atom stereocenters. The fourth-order valence-electron chi connectivity index (χ4n) is 9.38. The minimum absolute atomic E-state index is 0.225. The number of fused-ring (bicyclic) bond motifs is 4. The normalized spacial score (nSPS) is 31.0. The van der Waals surface area contributed by atoms with Gasteiger partial charge in [0.05, 0.1) is 38.1 Å². The summed E-state index contributed by atoms with van der Waals surface area (Å²) in [4.78, 5) is 4.06. The molecule has 9 heteroatoms. The van der Waals surface area contributed by atoms with Crippen LogP contribution in [0.2, 0.25) is 0 Å². The van der Waals surface area contributed by atoms with E-state index in [4.69, 9.17) is 0 Å². The average molecular weight is 612 g/mol. The van der Waals surface area contributed by atoms with Crippen molar-refractivity contribution in [1.29, 1.82) is 0 Å². The van der Waals surface area contributed by atoms with Gasteiger partial charge in [-0.1, -0.05) is 12.8 Å². The molecule has 4 saturated carbocycles. The summed E-state index contributed by atoms with van der Waals surface area (Å²) in [7, 11) is 0. The molecule has 0 heterocycles. The number of nitrogens with zero attached hydrogens (tertiary/aromatic N) is 2. The van der Waals surface area contributed by atoms with Gasteiger partial charge in [0.1, 0.15) is 0 Å². The zero-order valence-electron chi connectivity index (χ0n) is 26.8. The van der Waals surface area contributed by atoms with Gasteiger partial charge >= 0.3 is 0 Å². The lowest BCUT2D eigenvalue weighted by atomic mass is 9.82. The Bertz CT molecular complexity index is 720. The van der Waals surface area contributed by atoms with Crippen LogP contribution in [0.1, 0.15) is 89.9 Å². The van der Waals surface area contributed by atoms with E-state index in [9.17, 15) is 30.6 Å². The standard InChI is InChI=1S/C34H65N3O6/c38-22-32(41)19-36(13-2-14-37(20-33(42)23-39)21-34(43)24-40)12-1-11-35-31(9-7-29-17-25-3-5-27(29)15-25)10-8-30-18-26-4-6-28(30)16-26/h25-35,38-43H,1-24H2. The number of aliphatic hydroxyl groups excluding tert-OH is 6. The van der Waals surface area contributed by atoms with Gasteiger partial charge in [0.25, 0.3) is 0 Å². The van der Waals surface area contributed by atoms with Crippen LogP contribution in [0.4, 0.5) is 0 Å². The lowest BCUT2D eigenvalue weighted by Crippen LogP contribution is -2.42. The molecule has 4 bridgehead atoms. The number of aliphatic hydroxyl groups is 6. The zero-order chi connectivity index (χ0) is 30.6. The Balaban J connectivity index is 1.21. The van der Waals surface area contributed by atoms with E-state index in [0.717, 1.165) is 68.0 Å². The Morgan fingerprint density at radius 3 is 1.49 bits per heavy atom. The van der Waals surface area contributed by atoms with Crippen molar-refractivity contribution in [1.82, 2.24) is 15.1 Å². The van der Waals surface area contributed by atoms with E-state index in [1.165, 1.54) is 77.0 Å². The highest BCUT2D eigenvalue weighted by atomic mass is 16.3. The lowest BCUT2D eigenvalue weighted by Gasteiger charge is -2.29. The summed E-state index contributed by atoms with van der Waals surface area (Å²) in [5.41, 5.74) is 0. The van der Waals surface area contributed by atoms with Crippen molar-refractivity contribution in [2.45, 2.75) is 114 Å². The second-order valence-corrected chi connectivity index (χ2v) is 15.0. The molecular formula is C34H65N3O6. The maximum Gasteiger partial charge on any atom is 0.0897 e. The van der Waals surface area contributed by atoms with E-state index in [0.29, 0.717) is 19.1 Å². The van der Waals surface area contributed by atoms with Gasteiger partial charge < -0.3 is 40.9 Å². The minimum Gasteiger partial charge on any atom is -0.394 e. The van der Waals surface area contributed by atoms with Gasteiger partial charge in [-0.15, -0.1) is 0 Å². The van der Waals surface area contributed by atoms with Crippen molar-refractivity contribution < 1.29 is 30.6 Å². The van der Waals surface area contributed by atoms with Crippen LogP contribution in [-0.4, -0.2) is 130 Å². The number of nitrogens with one attached hydrogen (secondary N) is 1. The summed E-state index contributed by atoms with van der Waals surface area (Å²) in [6, 6.07) is 0.596. The van der Waals surface area contributed by atoms with Crippen molar-refractivity contribution >= 4 is 0 Å². The highest BCUT2D eigenvalue weighted by Crippen LogP contribution is 2.51. The van der Waals surface area contributed by atoms with E-state index in [2.05, 4.69) is 10.2 Å². The number of rotatable bonds is 24. The molecule has 0 aromatic heterocycles. The first-order valence-electron chi connectivity index (χ1n) is 17.9. The summed E-state index contributed by atoms with van der Waals surface area (Å²) in [5.74, 6) is 5.94. The van der Waals surface area contributed by atoms with Crippen LogP contribution in [0.15, 0.2) is 0 Å². The van der Waals surface area contributed by atoms with Crippen LogP contribution in [0.5, 0.6) is 0 Å². The highest BCUT2D eigenvalue weighted by Gasteiger charge is 2.40. The third-order valence-electron chi connectivity index (χ3n) is 11.6. The van der Waals surface area contributed by atoms with Crippen molar-refractivity contribution in [3.05, 3.63) is 0 Å². The van der Waals surface area contributed by atoms with Crippen LogP contribution in [0.3, 0.4) is 0 Å². The Hall–Kier alpha value is -0.360. The van der Waals surface area contributed by atoms with E-state index in [1.807, 2.05) is 4.90 Å². The Morgan fingerprint density at radius 2 is 1.05 bits per heavy atom. The van der Waals surface area contributed by atoms with Crippen molar-refractivity contribution in [3.8, 4) is 0 Å². The zero-order valence-corrected chi connectivity index (χ0v) is 26.8. The highest BCUT2D eigenvalue weighted by molar-refractivity contribution is 4.92. The third-order valence-corrected chi connectivity index (χ3v) is 11.6. The summed E-state index contributed by atoms with van der Waals surface area (Å²) >= 11 is 0. The molecule has 4 rings (SSSR count). The molecule has 252 valence electrons. The molecule has 43 heavy (non-hydrogen) atoms. The predicted octanol–water partition coefficient (Wildman–Crippen LogP) is 1.82. The number of hydrogen-bond donors (Lipinski definition) is 7. The second-order valence-electron chi connectivity index (χ2n) is 15.0. The monoisotopic (exact) mass is 611 g/mol. The van der Waals surface area contributed by atoms with E-state index in [-0.39, 0.29) is 32.9 Å². The van der Waals surface area contributed by atoms with Gasteiger partial charge in [-0.05, 0) is 139 Å². The third kappa shape index (κ3) is 11.7. The van der Waals surface area contributed by atoms with Crippen LogP contribution >= 0.6 is 0 Å². The Kier molecular flexibility index (Phi) is 15.4. The molecule has 0 aromatic carbocycles. The van der Waals surface area contributed by atoms with Gasteiger partial charge in [-0.25, -0.2) is 0 Å². The molecule has 4 aliphatic carbocycles. The van der Waals surface area contributed by atoms with E-state index >= 15 is 0 Å². The maximum absolute atomic E-state index is 10.2. The summed E-state index contributed by atoms with van der Waals surface area (Å²) < 4.78 is 0. The van der Waals surface area contributed by atoms with Gasteiger partial charge in [0.15, 0.2) is 0 Å². The predicted molar refractivity (Wildman–Crippen MR) is 170 cm³/mol. The molecule has 9 unspecified atom stereocenters. The smallest absolute Gasteiger partial charge is 0.0897 e. The molecule has 0 aromatic rings. The quantitative estimate of drug-likeness (QED) is 0.0815. The van der Waals surface area contributed by atoms with Crippen LogP contribution in [0.25, 0.3) is 0 Å². The summed E-state index contributed by atoms with van der Waals surface area (Å²) in [6.45, 7) is 2.99. The molecule has 0 saturated heterocycles.